The molecule has 3 nitrogen and oxygen atoms in total. The molecule has 0 amide bonds. The van der Waals surface area contributed by atoms with Crippen molar-refractivity contribution in [1.29, 1.82) is 0 Å². The molecule has 5 heteroatoms. The van der Waals surface area contributed by atoms with Crippen molar-refractivity contribution in [3.8, 4) is 10.8 Å². The van der Waals surface area contributed by atoms with Gasteiger partial charge >= 0.3 is 0 Å². The van der Waals surface area contributed by atoms with Crippen molar-refractivity contribution in [2.75, 3.05) is 13.6 Å². The molecule has 0 saturated carbocycles. The lowest BCUT2D eigenvalue weighted by Gasteiger charge is -2.15. The summed E-state index contributed by atoms with van der Waals surface area (Å²) in [6.45, 7) is 3.57. The zero-order valence-electron chi connectivity index (χ0n) is 13.3. The molecule has 0 aliphatic carbocycles. The lowest BCUT2D eigenvalue weighted by atomic mass is 10.1. The monoisotopic (exact) mass is 330 g/mol. The second-order valence-corrected chi connectivity index (χ2v) is 6.56. The first-order valence-corrected chi connectivity index (χ1v) is 8.43. The normalized spacial score (nSPS) is 11.3. The molecule has 3 rings (SSSR count). The van der Waals surface area contributed by atoms with E-state index in [1.807, 2.05) is 36.6 Å². The molecule has 0 N–H and O–H groups in total. The summed E-state index contributed by atoms with van der Waals surface area (Å²) in [6.07, 6.45) is 0.880. The van der Waals surface area contributed by atoms with E-state index in [2.05, 4.69) is 16.9 Å². The fraction of sp³-hybridized carbons (Fsp3) is 0.278. The summed E-state index contributed by atoms with van der Waals surface area (Å²) in [5.41, 5.74) is 2.10. The molecule has 0 spiro atoms. The maximum Gasteiger partial charge on any atom is 0.236 e. The summed E-state index contributed by atoms with van der Waals surface area (Å²) in [4.78, 5) is 7.86. The summed E-state index contributed by atoms with van der Waals surface area (Å²) in [6, 6.07) is 10.7. The molecule has 0 atom stereocenters. The number of aryl methyl sites for hydroxylation is 1. The Bertz CT molecular complexity index is 750. The number of aromatic nitrogens is 1. The van der Waals surface area contributed by atoms with Gasteiger partial charge in [0.15, 0.2) is 0 Å². The maximum atomic E-state index is 12.9. The van der Waals surface area contributed by atoms with Gasteiger partial charge in [-0.3, -0.25) is 0 Å². The molecule has 0 saturated heterocycles. The number of nitrogens with zero attached hydrogens (tertiary/aromatic N) is 2. The van der Waals surface area contributed by atoms with Gasteiger partial charge in [-0.1, -0.05) is 18.2 Å². The Kier molecular flexibility index (Phi) is 4.88. The van der Waals surface area contributed by atoms with Crippen molar-refractivity contribution in [3.05, 3.63) is 64.6 Å². The average Bonchev–Trinajstić information content (AvgIpc) is 3.17. The van der Waals surface area contributed by atoms with E-state index >= 15 is 0 Å². The van der Waals surface area contributed by atoms with Gasteiger partial charge in [-0.15, -0.1) is 11.3 Å². The van der Waals surface area contributed by atoms with E-state index in [1.165, 1.54) is 12.1 Å². The van der Waals surface area contributed by atoms with Gasteiger partial charge in [-0.2, -0.15) is 0 Å². The first-order valence-electron chi connectivity index (χ1n) is 7.55. The third-order valence-electron chi connectivity index (χ3n) is 3.74. The number of benzene rings is 1. The molecule has 0 bridgehead atoms. The zero-order chi connectivity index (χ0) is 16.2. The van der Waals surface area contributed by atoms with Gasteiger partial charge in [0.2, 0.25) is 5.89 Å². The van der Waals surface area contributed by atoms with Crippen LogP contribution in [-0.2, 0) is 13.0 Å². The van der Waals surface area contributed by atoms with Crippen LogP contribution in [0.15, 0.2) is 46.2 Å². The minimum Gasteiger partial charge on any atom is -0.440 e. The zero-order valence-corrected chi connectivity index (χ0v) is 14.1. The van der Waals surface area contributed by atoms with Gasteiger partial charge in [0.05, 0.1) is 10.6 Å². The molecule has 2 aromatic heterocycles. The second-order valence-electron chi connectivity index (χ2n) is 5.61. The summed E-state index contributed by atoms with van der Waals surface area (Å²) in [5, 5.41) is 2.02. The molecule has 120 valence electrons. The number of hydrogen-bond acceptors (Lipinski definition) is 4. The van der Waals surface area contributed by atoms with Gasteiger partial charge < -0.3 is 9.32 Å². The maximum absolute atomic E-state index is 12.9. The largest absolute Gasteiger partial charge is 0.440 e. The summed E-state index contributed by atoms with van der Waals surface area (Å²) < 4.78 is 18.7. The van der Waals surface area contributed by atoms with Crippen LogP contribution in [0.5, 0.6) is 0 Å². The average molecular weight is 330 g/mol. The van der Waals surface area contributed by atoms with Crippen LogP contribution in [0, 0.1) is 12.7 Å². The predicted octanol–water partition coefficient (Wildman–Crippen LogP) is 4.53. The lowest BCUT2D eigenvalue weighted by molar-refractivity contribution is 0.325. The molecular formula is C18H19FN2OS. The topological polar surface area (TPSA) is 29.3 Å². The van der Waals surface area contributed by atoms with Crippen molar-refractivity contribution in [2.24, 2.45) is 0 Å². The van der Waals surface area contributed by atoms with Gasteiger partial charge in [-0.05, 0) is 49.5 Å². The summed E-state index contributed by atoms with van der Waals surface area (Å²) in [5.74, 6) is 1.36. The number of thiophene rings is 1. The van der Waals surface area contributed by atoms with E-state index in [-0.39, 0.29) is 5.82 Å². The van der Waals surface area contributed by atoms with Crippen molar-refractivity contribution < 1.29 is 8.81 Å². The van der Waals surface area contributed by atoms with E-state index in [0.717, 1.165) is 41.4 Å². The van der Waals surface area contributed by atoms with Gasteiger partial charge in [0, 0.05) is 13.1 Å². The van der Waals surface area contributed by atoms with Crippen LogP contribution in [0.3, 0.4) is 0 Å². The summed E-state index contributed by atoms with van der Waals surface area (Å²) >= 11 is 1.63. The fourth-order valence-corrected chi connectivity index (χ4v) is 3.04. The Labute approximate surface area is 139 Å². The predicted molar refractivity (Wildman–Crippen MR) is 91.0 cm³/mol. The number of likely N-dealkylation sites (N-methyl/N-ethyl adjacent to an activating group) is 1. The summed E-state index contributed by atoms with van der Waals surface area (Å²) in [7, 11) is 2.06. The van der Waals surface area contributed by atoms with Crippen molar-refractivity contribution in [2.45, 2.75) is 19.9 Å². The highest BCUT2D eigenvalue weighted by molar-refractivity contribution is 7.13. The molecule has 0 aliphatic heterocycles. The molecular weight excluding hydrogens is 311 g/mol. The van der Waals surface area contributed by atoms with Gasteiger partial charge in [0.25, 0.3) is 0 Å². The molecule has 0 unspecified atom stereocenters. The number of oxazole rings is 1. The van der Waals surface area contributed by atoms with Crippen LogP contribution in [0.25, 0.3) is 10.8 Å². The van der Waals surface area contributed by atoms with Crippen molar-refractivity contribution >= 4 is 11.3 Å². The van der Waals surface area contributed by atoms with Gasteiger partial charge in [-0.25, -0.2) is 9.37 Å². The molecule has 3 aromatic rings. The van der Waals surface area contributed by atoms with Crippen LogP contribution >= 0.6 is 11.3 Å². The lowest BCUT2D eigenvalue weighted by Crippen LogP contribution is -2.21. The van der Waals surface area contributed by atoms with Gasteiger partial charge in [0.1, 0.15) is 11.6 Å². The second kappa shape index (κ2) is 7.06. The number of rotatable bonds is 6. The smallest absolute Gasteiger partial charge is 0.236 e. The van der Waals surface area contributed by atoms with Crippen LogP contribution in [-0.4, -0.2) is 23.5 Å². The third-order valence-corrected chi connectivity index (χ3v) is 4.60. The number of hydrogen-bond donors (Lipinski definition) is 0. The Morgan fingerprint density at radius 3 is 2.70 bits per heavy atom. The highest BCUT2D eigenvalue weighted by Gasteiger charge is 2.13. The molecule has 0 aliphatic rings. The molecule has 2 heterocycles. The quantitative estimate of drug-likeness (QED) is 0.665. The highest BCUT2D eigenvalue weighted by Crippen LogP contribution is 2.26. The Morgan fingerprint density at radius 1 is 1.22 bits per heavy atom. The van der Waals surface area contributed by atoms with Crippen LogP contribution in [0.4, 0.5) is 4.39 Å². The number of halogens is 1. The third kappa shape index (κ3) is 4.06. The fourth-order valence-electron chi connectivity index (χ4n) is 2.39. The first kappa shape index (κ1) is 15.9. The molecule has 23 heavy (non-hydrogen) atoms. The molecule has 0 fully saturated rings. The van der Waals surface area contributed by atoms with E-state index in [4.69, 9.17) is 4.42 Å². The van der Waals surface area contributed by atoms with Crippen LogP contribution < -0.4 is 0 Å². The van der Waals surface area contributed by atoms with E-state index in [9.17, 15) is 4.39 Å². The SMILES string of the molecule is Cc1oc(-c2cccs2)nc1CN(C)CCc1ccc(F)cc1. The van der Waals surface area contributed by atoms with E-state index < -0.39 is 0 Å². The molecule has 0 radical (unpaired) electrons. The van der Waals surface area contributed by atoms with E-state index in [0.29, 0.717) is 5.89 Å². The highest BCUT2D eigenvalue weighted by atomic mass is 32.1. The van der Waals surface area contributed by atoms with Crippen LogP contribution in [0.2, 0.25) is 0 Å². The van der Waals surface area contributed by atoms with Crippen molar-refractivity contribution in [1.82, 2.24) is 9.88 Å². The standard InChI is InChI=1S/C18H19FN2OS/c1-13-16(20-18(22-13)17-4-3-11-23-17)12-21(2)10-9-14-5-7-15(19)8-6-14/h3-8,11H,9-10,12H2,1-2H3. The van der Waals surface area contributed by atoms with Crippen molar-refractivity contribution in [3.63, 3.8) is 0 Å². The minimum absolute atomic E-state index is 0.193. The van der Waals surface area contributed by atoms with E-state index in [1.54, 1.807) is 11.3 Å². The first-order chi connectivity index (χ1) is 11.1. The Balaban J connectivity index is 1.59. The Morgan fingerprint density at radius 2 is 2.00 bits per heavy atom. The molecule has 1 aromatic carbocycles. The Hall–Kier alpha value is -1.98. The van der Waals surface area contributed by atoms with Crippen LogP contribution in [0.1, 0.15) is 17.0 Å². The minimum atomic E-state index is -0.193.